The van der Waals surface area contributed by atoms with E-state index < -0.39 is 4.92 Å². The topological polar surface area (TPSA) is 73.6 Å². The lowest BCUT2D eigenvalue weighted by atomic mass is 10.2. The summed E-state index contributed by atoms with van der Waals surface area (Å²) in [6.07, 6.45) is 0. The smallest absolute Gasteiger partial charge is 0.311 e. The first-order chi connectivity index (χ1) is 8.19. The van der Waals surface area contributed by atoms with Gasteiger partial charge in [-0.15, -0.1) is 0 Å². The van der Waals surface area contributed by atoms with E-state index in [1.165, 1.54) is 13.2 Å². The molecule has 0 heterocycles. The first-order valence-electron chi connectivity index (χ1n) is 5.22. The van der Waals surface area contributed by atoms with Gasteiger partial charge in [0.25, 0.3) is 0 Å². The molecule has 6 nitrogen and oxygen atoms in total. The fourth-order valence-corrected chi connectivity index (χ4v) is 1.33. The number of likely N-dealkylation sites (N-methyl/N-ethyl adjacent to an activating group) is 1. The van der Waals surface area contributed by atoms with Crippen LogP contribution < -0.4 is 10.1 Å². The highest BCUT2D eigenvalue weighted by molar-refractivity contribution is 5.48. The quantitative estimate of drug-likeness (QED) is 0.442. The van der Waals surface area contributed by atoms with Crippen LogP contribution >= 0.6 is 0 Å². The Morgan fingerprint density at radius 3 is 2.82 bits per heavy atom. The molecule has 0 saturated carbocycles. The highest BCUT2D eigenvalue weighted by atomic mass is 16.6. The number of rotatable bonds is 7. The predicted molar refractivity (Wildman–Crippen MR) is 63.2 cm³/mol. The Morgan fingerprint density at radius 1 is 1.47 bits per heavy atom. The molecule has 0 atom stereocenters. The Morgan fingerprint density at radius 2 is 2.24 bits per heavy atom. The summed E-state index contributed by atoms with van der Waals surface area (Å²) in [5, 5.41) is 13.7. The second kappa shape index (κ2) is 6.82. The van der Waals surface area contributed by atoms with Crippen LogP contribution in [-0.4, -0.2) is 32.2 Å². The number of ether oxygens (including phenoxy) is 2. The Hall–Kier alpha value is -1.66. The second-order valence-electron chi connectivity index (χ2n) is 3.42. The van der Waals surface area contributed by atoms with Gasteiger partial charge >= 0.3 is 5.69 Å². The lowest BCUT2D eigenvalue weighted by Crippen LogP contribution is -2.14. The van der Waals surface area contributed by atoms with Gasteiger partial charge < -0.3 is 14.8 Å². The molecule has 0 unspecified atom stereocenters. The number of methoxy groups -OCH3 is 1. The van der Waals surface area contributed by atoms with Crippen molar-refractivity contribution in [3.63, 3.8) is 0 Å². The summed E-state index contributed by atoms with van der Waals surface area (Å²) < 4.78 is 10.3. The maximum atomic E-state index is 10.8. The Bertz CT molecular complexity index is 382. The highest BCUT2D eigenvalue weighted by Gasteiger charge is 2.14. The first kappa shape index (κ1) is 13.4. The van der Waals surface area contributed by atoms with Gasteiger partial charge in [0.15, 0.2) is 5.75 Å². The number of hydrogen-bond donors (Lipinski definition) is 1. The Labute approximate surface area is 99.7 Å². The van der Waals surface area contributed by atoms with Crippen LogP contribution in [0, 0.1) is 10.1 Å². The van der Waals surface area contributed by atoms with E-state index >= 15 is 0 Å². The van der Waals surface area contributed by atoms with Gasteiger partial charge in [-0.3, -0.25) is 10.1 Å². The third kappa shape index (κ3) is 4.01. The van der Waals surface area contributed by atoms with Gasteiger partial charge in [-0.25, -0.2) is 0 Å². The molecule has 17 heavy (non-hydrogen) atoms. The molecule has 1 rings (SSSR count). The van der Waals surface area contributed by atoms with Crippen LogP contribution in [0.25, 0.3) is 0 Å². The molecule has 1 N–H and O–H groups in total. The van der Waals surface area contributed by atoms with Gasteiger partial charge in [-0.05, 0) is 18.7 Å². The molecule has 0 spiro atoms. The number of nitrogens with zero attached hydrogens (tertiary/aromatic N) is 1. The van der Waals surface area contributed by atoms with Crippen LogP contribution in [0.4, 0.5) is 5.69 Å². The molecule has 1 aromatic rings. The molecule has 0 bridgehead atoms. The third-order valence-electron chi connectivity index (χ3n) is 2.21. The monoisotopic (exact) mass is 240 g/mol. The van der Waals surface area contributed by atoms with Crippen molar-refractivity contribution in [1.82, 2.24) is 5.32 Å². The van der Waals surface area contributed by atoms with Crippen molar-refractivity contribution in [1.29, 1.82) is 0 Å². The molecule has 0 aliphatic rings. The predicted octanol–water partition coefficient (Wildman–Crippen LogP) is 1.34. The van der Waals surface area contributed by atoms with Crippen LogP contribution in [0.15, 0.2) is 18.2 Å². The van der Waals surface area contributed by atoms with E-state index in [-0.39, 0.29) is 11.4 Å². The van der Waals surface area contributed by atoms with Gasteiger partial charge in [0.1, 0.15) is 0 Å². The van der Waals surface area contributed by atoms with E-state index in [2.05, 4.69) is 5.32 Å². The van der Waals surface area contributed by atoms with Crippen LogP contribution in [0.5, 0.6) is 5.75 Å². The average Bonchev–Trinajstić information content (AvgIpc) is 2.34. The summed E-state index contributed by atoms with van der Waals surface area (Å²) in [7, 11) is 3.24. The van der Waals surface area contributed by atoms with E-state index in [0.29, 0.717) is 13.2 Å². The highest BCUT2D eigenvalue weighted by Crippen LogP contribution is 2.27. The number of hydrogen-bond acceptors (Lipinski definition) is 5. The maximum absolute atomic E-state index is 10.8. The molecule has 0 aliphatic heterocycles. The molecule has 0 radical (unpaired) electrons. The lowest BCUT2D eigenvalue weighted by Gasteiger charge is -2.06. The average molecular weight is 240 g/mol. The van der Waals surface area contributed by atoms with Crippen molar-refractivity contribution in [2.45, 2.75) is 6.61 Å². The summed E-state index contributed by atoms with van der Waals surface area (Å²) in [5.74, 6) is 0.258. The zero-order valence-corrected chi connectivity index (χ0v) is 9.93. The molecular weight excluding hydrogens is 224 g/mol. The fraction of sp³-hybridized carbons (Fsp3) is 0.455. The van der Waals surface area contributed by atoms with Crippen molar-refractivity contribution in [2.24, 2.45) is 0 Å². The standard InChI is InChI=1S/C11H16N2O4/c1-12-5-6-17-8-9-3-4-11(16-2)10(7-9)13(14)15/h3-4,7,12H,5-6,8H2,1-2H3. The Balaban J connectivity index is 2.68. The van der Waals surface area contributed by atoms with Crippen molar-refractivity contribution in [3.8, 4) is 5.75 Å². The zero-order valence-electron chi connectivity index (χ0n) is 9.93. The van der Waals surface area contributed by atoms with Gasteiger partial charge in [0, 0.05) is 12.6 Å². The number of nitrogens with one attached hydrogen (secondary N) is 1. The second-order valence-corrected chi connectivity index (χ2v) is 3.42. The van der Waals surface area contributed by atoms with Crippen molar-refractivity contribution in [2.75, 3.05) is 27.3 Å². The largest absolute Gasteiger partial charge is 0.490 e. The van der Waals surface area contributed by atoms with Crippen molar-refractivity contribution >= 4 is 5.69 Å². The minimum absolute atomic E-state index is 0.0396. The number of benzene rings is 1. The van der Waals surface area contributed by atoms with Crippen LogP contribution in [-0.2, 0) is 11.3 Å². The van der Waals surface area contributed by atoms with E-state index in [4.69, 9.17) is 9.47 Å². The molecule has 1 aromatic carbocycles. The van der Waals surface area contributed by atoms with Gasteiger partial charge in [0.2, 0.25) is 0 Å². The summed E-state index contributed by atoms with van der Waals surface area (Å²) in [4.78, 5) is 10.3. The fourth-order valence-electron chi connectivity index (χ4n) is 1.33. The van der Waals surface area contributed by atoms with E-state index in [1.807, 2.05) is 7.05 Å². The summed E-state index contributed by atoms with van der Waals surface area (Å²) in [6.45, 7) is 1.67. The van der Waals surface area contributed by atoms with Gasteiger partial charge in [-0.2, -0.15) is 0 Å². The van der Waals surface area contributed by atoms with E-state index in [1.54, 1.807) is 12.1 Å². The Kier molecular flexibility index (Phi) is 5.38. The zero-order chi connectivity index (χ0) is 12.7. The molecule has 6 heteroatoms. The van der Waals surface area contributed by atoms with Crippen LogP contribution in [0.3, 0.4) is 0 Å². The summed E-state index contributed by atoms with van der Waals surface area (Å²) in [6, 6.07) is 4.80. The van der Waals surface area contributed by atoms with E-state index in [9.17, 15) is 10.1 Å². The molecule has 0 amide bonds. The molecule has 94 valence electrons. The van der Waals surface area contributed by atoms with Crippen LogP contribution in [0.2, 0.25) is 0 Å². The van der Waals surface area contributed by atoms with Gasteiger partial charge in [0.05, 0.1) is 25.2 Å². The number of nitro benzene ring substituents is 1. The SMILES string of the molecule is CNCCOCc1ccc(OC)c([N+](=O)[O-])c1. The first-order valence-corrected chi connectivity index (χ1v) is 5.22. The van der Waals surface area contributed by atoms with Crippen molar-refractivity contribution < 1.29 is 14.4 Å². The van der Waals surface area contributed by atoms with Crippen LogP contribution in [0.1, 0.15) is 5.56 Å². The lowest BCUT2D eigenvalue weighted by molar-refractivity contribution is -0.385. The molecular formula is C11H16N2O4. The van der Waals surface area contributed by atoms with Gasteiger partial charge in [-0.1, -0.05) is 6.07 Å². The molecule has 0 fully saturated rings. The minimum atomic E-state index is -0.462. The summed E-state index contributed by atoms with van der Waals surface area (Å²) >= 11 is 0. The van der Waals surface area contributed by atoms with E-state index in [0.717, 1.165) is 12.1 Å². The number of nitro groups is 1. The molecule has 0 saturated heterocycles. The molecule has 0 aromatic heterocycles. The minimum Gasteiger partial charge on any atom is -0.490 e. The third-order valence-corrected chi connectivity index (χ3v) is 2.21. The summed E-state index contributed by atoms with van der Waals surface area (Å²) in [5.41, 5.74) is 0.718. The normalized spacial score (nSPS) is 10.2. The molecule has 0 aliphatic carbocycles. The maximum Gasteiger partial charge on any atom is 0.311 e. The van der Waals surface area contributed by atoms with Crippen molar-refractivity contribution in [3.05, 3.63) is 33.9 Å².